The Hall–Kier alpha value is -3.12. The lowest BCUT2D eigenvalue weighted by molar-refractivity contribution is -0.147. The number of carbonyl (C=O) groups excluding carboxylic acids is 3. The summed E-state index contributed by atoms with van der Waals surface area (Å²) in [6, 6.07) is 4.06. The van der Waals surface area contributed by atoms with Gasteiger partial charge in [-0.05, 0) is 29.9 Å². The van der Waals surface area contributed by atoms with Gasteiger partial charge >= 0.3 is 11.9 Å². The van der Waals surface area contributed by atoms with E-state index >= 15 is 0 Å². The molecule has 0 spiro atoms. The highest BCUT2D eigenvalue weighted by Gasteiger charge is 2.31. The molecule has 36 heavy (non-hydrogen) atoms. The van der Waals surface area contributed by atoms with E-state index in [4.69, 9.17) is 10.8 Å². The van der Waals surface area contributed by atoms with Crippen molar-refractivity contribution in [3.8, 4) is 0 Å². The van der Waals surface area contributed by atoms with Crippen molar-refractivity contribution in [1.29, 1.82) is 0 Å². The van der Waals surface area contributed by atoms with Crippen LogP contribution in [0.5, 0.6) is 0 Å². The summed E-state index contributed by atoms with van der Waals surface area (Å²) in [5.41, 5.74) is 6.69. The van der Waals surface area contributed by atoms with E-state index in [1.165, 1.54) is 11.8 Å². The summed E-state index contributed by atoms with van der Waals surface area (Å²) in [6.45, 7) is 3.73. The lowest BCUT2D eigenvalue weighted by Crippen LogP contribution is -2.58. The third-order valence-corrected chi connectivity index (χ3v) is 6.36. The van der Waals surface area contributed by atoms with Crippen molar-refractivity contribution in [3.05, 3.63) is 35.9 Å². The van der Waals surface area contributed by atoms with Crippen molar-refractivity contribution in [2.45, 2.75) is 63.7 Å². The lowest BCUT2D eigenvalue weighted by atomic mass is 9.99. The molecule has 0 saturated heterocycles. The molecule has 5 unspecified atom stereocenters. The van der Waals surface area contributed by atoms with Crippen LogP contribution in [0.2, 0.25) is 0 Å². The fourth-order valence-electron chi connectivity index (χ4n) is 3.26. The molecule has 7 N–H and O–H groups in total. The molecule has 5 atom stereocenters. The minimum Gasteiger partial charge on any atom is -0.481 e. The van der Waals surface area contributed by atoms with Crippen molar-refractivity contribution in [2.75, 3.05) is 12.0 Å². The van der Waals surface area contributed by atoms with Gasteiger partial charge in [-0.2, -0.15) is 11.8 Å². The molecule has 0 aromatic heterocycles. The number of hydrogen-bond acceptors (Lipinski definition) is 7. The number of hydrogen-bond donors (Lipinski definition) is 6. The van der Waals surface area contributed by atoms with Crippen molar-refractivity contribution < 1.29 is 34.2 Å². The van der Waals surface area contributed by atoms with Crippen molar-refractivity contribution in [2.24, 2.45) is 11.7 Å². The van der Waals surface area contributed by atoms with Crippen LogP contribution in [0.15, 0.2) is 30.3 Å². The Balaban J connectivity index is 3.12. The van der Waals surface area contributed by atoms with Crippen molar-refractivity contribution >= 4 is 41.4 Å². The third kappa shape index (κ3) is 10.6. The minimum atomic E-state index is -1.68. The summed E-state index contributed by atoms with van der Waals surface area (Å²) in [5.74, 6) is -4.44. The van der Waals surface area contributed by atoms with E-state index in [2.05, 4.69) is 16.0 Å². The molecule has 1 rings (SSSR count). The summed E-state index contributed by atoms with van der Waals surface area (Å²) in [6.07, 6.45) is 2.00. The number of amides is 3. The van der Waals surface area contributed by atoms with Crippen molar-refractivity contribution in [1.82, 2.24) is 16.0 Å². The summed E-state index contributed by atoms with van der Waals surface area (Å²) >= 11 is 1.48. The van der Waals surface area contributed by atoms with E-state index in [1.807, 2.05) is 20.1 Å². The Bertz CT molecular complexity index is 900. The van der Waals surface area contributed by atoms with E-state index in [-0.39, 0.29) is 18.8 Å². The largest absolute Gasteiger partial charge is 0.481 e. The smallest absolute Gasteiger partial charge is 0.326 e. The molecule has 0 aliphatic carbocycles. The topological polar surface area (TPSA) is 188 Å². The first kappa shape index (κ1) is 30.9. The molecule has 1 aromatic rings. The molecule has 3 amide bonds. The van der Waals surface area contributed by atoms with E-state index in [9.17, 15) is 29.1 Å². The summed E-state index contributed by atoms with van der Waals surface area (Å²) < 4.78 is 0. The van der Waals surface area contributed by atoms with Crippen LogP contribution in [0.1, 0.15) is 38.7 Å². The maximum atomic E-state index is 13.2. The lowest BCUT2D eigenvalue weighted by Gasteiger charge is -2.26. The maximum absolute atomic E-state index is 13.2. The second-order valence-corrected chi connectivity index (χ2v) is 9.49. The average molecular weight is 525 g/mol. The van der Waals surface area contributed by atoms with Gasteiger partial charge in [0.25, 0.3) is 0 Å². The Morgan fingerprint density at radius 3 is 2.00 bits per heavy atom. The van der Waals surface area contributed by atoms with Crippen LogP contribution >= 0.6 is 11.8 Å². The highest BCUT2D eigenvalue weighted by Crippen LogP contribution is 2.09. The van der Waals surface area contributed by atoms with Gasteiger partial charge in [-0.15, -0.1) is 0 Å². The fourth-order valence-corrected chi connectivity index (χ4v) is 3.73. The normalized spacial score (nSPS) is 15.0. The minimum absolute atomic E-state index is 0.0212. The Kier molecular flexibility index (Phi) is 13.6. The highest BCUT2D eigenvalue weighted by atomic mass is 32.2. The zero-order chi connectivity index (χ0) is 27.3. The summed E-state index contributed by atoms with van der Waals surface area (Å²) in [4.78, 5) is 61.2. The standard InChI is InChI=1S/C24H36N4O7S/c1-4-14(2)20(25)23(33)26-16(10-11-36-3)21(31)27-17(12-15-8-6-5-7-9-15)22(32)28-18(24(34)35)13-19(29)30/h5-9,14,16-18,20H,4,10-13,25H2,1-3H3,(H,26,33)(H,27,31)(H,28,32)(H,29,30)(H,34,35). The Labute approximate surface area is 215 Å². The number of aliphatic carboxylic acids is 2. The van der Waals surface area contributed by atoms with E-state index in [0.717, 1.165) is 0 Å². The van der Waals surface area contributed by atoms with Crippen LogP contribution in [0.25, 0.3) is 0 Å². The zero-order valence-corrected chi connectivity index (χ0v) is 21.5. The molecule has 0 saturated carbocycles. The van der Waals surface area contributed by atoms with Gasteiger partial charge in [0, 0.05) is 6.42 Å². The number of nitrogens with one attached hydrogen (secondary N) is 3. The van der Waals surface area contributed by atoms with Crippen LogP contribution in [-0.4, -0.2) is 76.0 Å². The highest BCUT2D eigenvalue weighted by molar-refractivity contribution is 7.98. The van der Waals surface area contributed by atoms with Gasteiger partial charge in [0.05, 0.1) is 12.5 Å². The molecular weight excluding hydrogens is 488 g/mol. The predicted octanol–water partition coefficient (Wildman–Crippen LogP) is 0.369. The first-order chi connectivity index (χ1) is 17.0. The number of rotatable bonds is 16. The first-order valence-electron chi connectivity index (χ1n) is 11.6. The number of carbonyl (C=O) groups is 5. The Morgan fingerprint density at radius 1 is 0.917 bits per heavy atom. The maximum Gasteiger partial charge on any atom is 0.326 e. The number of carboxylic acids is 2. The van der Waals surface area contributed by atoms with Crippen LogP contribution in [0.3, 0.4) is 0 Å². The predicted molar refractivity (Wildman–Crippen MR) is 136 cm³/mol. The molecule has 0 fully saturated rings. The third-order valence-electron chi connectivity index (χ3n) is 5.71. The molecular formula is C24H36N4O7S. The van der Waals surface area contributed by atoms with Gasteiger partial charge in [0.2, 0.25) is 17.7 Å². The first-order valence-corrected chi connectivity index (χ1v) is 13.0. The van der Waals surface area contributed by atoms with Crippen LogP contribution in [-0.2, 0) is 30.4 Å². The van der Waals surface area contributed by atoms with Gasteiger partial charge in [-0.3, -0.25) is 19.2 Å². The number of benzene rings is 1. The number of thioether (sulfide) groups is 1. The summed E-state index contributed by atoms with van der Waals surface area (Å²) in [7, 11) is 0. The Morgan fingerprint density at radius 2 is 1.47 bits per heavy atom. The van der Waals surface area contributed by atoms with Gasteiger partial charge < -0.3 is 31.9 Å². The molecule has 12 heteroatoms. The van der Waals surface area contributed by atoms with E-state index < -0.39 is 60.2 Å². The molecule has 0 aliphatic rings. The zero-order valence-electron chi connectivity index (χ0n) is 20.7. The second kappa shape index (κ2) is 15.8. The van der Waals surface area contributed by atoms with Crippen LogP contribution < -0.4 is 21.7 Å². The number of carboxylic acid groups (broad SMARTS) is 2. The quantitative estimate of drug-likeness (QED) is 0.177. The second-order valence-electron chi connectivity index (χ2n) is 8.50. The number of nitrogens with two attached hydrogens (primary N) is 1. The van der Waals surface area contributed by atoms with Gasteiger partial charge in [0.1, 0.15) is 18.1 Å². The fraction of sp³-hybridized carbons (Fsp3) is 0.542. The van der Waals surface area contributed by atoms with Crippen LogP contribution in [0.4, 0.5) is 0 Å². The molecule has 11 nitrogen and oxygen atoms in total. The van der Waals surface area contributed by atoms with Crippen LogP contribution in [0, 0.1) is 5.92 Å². The molecule has 0 heterocycles. The molecule has 0 aliphatic heterocycles. The van der Waals surface area contributed by atoms with Gasteiger partial charge in [-0.25, -0.2) is 4.79 Å². The molecule has 200 valence electrons. The SMILES string of the molecule is CCC(C)C(N)C(=O)NC(CCSC)C(=O)NC(Cc1ccccc1)C(=O)NC(CC(=O)O)C(=O)O. The average Bonchev–Trinajstić information content (AvgIpc) is 2.84. The monoisotopic (exact) mass is 524 g/mol. The van der Waals surface area contributed by atoms with E-state index in [0.29, 0.717) is 17.7 Å². The molecule has 0 bridgehead atoms. The summed E-state index contributed by atoms with van der Waals surface area (Å²) in [5, 5.41) is 25.7. The van der Waals surface area contributed by atoms with E-state index in [1.54, 1.807) is 30.3 Å². The molecule has 1 aromatic carbocycles. The van der Waals surface area contributed by atoms with Gasteiger partial charge in [0.15, 0.2) is 0 Å². The van der Waals surface area contributed by atoms with Crippen molar-refractivity contribution in [3.63, 3.8) is 0 Å². The van der Waals surface area contributed by atoms with Gasteiger partial charge in [-0.1, -0.05) is 50.6 Å². The molecule has 0 radical (unpaired) electrons.